The molecule has 4 N–H and O–H groups in total. The molecule has 7 heteroatoms. The summed E-state index contributed by atoms with van der Waals surface area (Å²) in [6, 6.07) is 12.6. The van der Waals surface area contributed by atoms with Gasteiger partial charge in [-0.1, -0.05) is 35.9 Å². The van der Waals surface area contributed by atoms with E-state index in [-0.39, 0.29) is 30.1 Å². The van der Waals surface area contributed by atoms with Crippen molar-refractivity contribution >= 4 is 40.8 Å². The van der Waals surface area contributed by atoms with Gasteiger partial charge >= 0.3 is 0 Å². The number of phenols is 1. The lowest BCUT2D eigenvalue weighted by atomic mass is 9.92. The van der Waals surface area contributed by atoms with E-state index in [4.69, 9.17) is 17.3 Å². The van der Waals surface area contributed by atoms with Crippen LogP contribution in [0.15, 0.2) is 42.5 Å². The van der Waals surface area contributed by atoms with E-state index in [2.05, 4.69) is 4.98 Å². The summed E-state index contributed by atoms with van der Waals surface area (Å²) < 4.78 is 0. The van der Waals surface area contributed by atoms with E-state index in [9.17, 15) is 9.90 Å². The van der Waals surface area contributed by atoms with Gasteiger partial charge in [-0.2, -0.15) is 0 Å². The fourth-order valence-electron chi connectivity index (χ4n) is 3.86. The summed E-state index contributed by atoms with van der Waals surface area (Å²) in [5.41, 5.74) is 9.48. The number of halogens is 2. The van der Waals surface area contributed by atoms with Crippen molar-refractivity contribution in [2.75, 3.05) is 13.1 Å². The third kappa shape index (κ3) is 3.38. The summed E-state index contributed by atoms with van der Waals surface area (Å²) >= 11 is 6.38. The van der Waals surface area contributed by atoms with Crippen molar-refractivity contribution in [3.8, 4) is 5.75 Å². The second-order valence-corrected chi connectivity index (χ2v) is 6.96. The topological polar surface area (TPSA) is 82.4 Å². The lowest BCUT2D eigenvalue weighted by Crippen LogP contribution is -2.41. The number of carbonyl (C=O) groups excluding carboxylic acids is 1. The number of nitrogens with zero attached hydrogens (tertiary/aromatic N) is 1. The van der Waals surface area contributed by atoms with Crippen LogP contribution in [0.1, 0.15) is 29.3 Å². The molecule has 0 bridgehead atoms. The summed E-state index contributed by atoms with van der Waals surface area (Å²) in [4.78, 5) is 18.0. The quantitative estimate of drug-likeness (QED) is 0.619. The van der Waals surface area contributed by atoms with Crippen molar-refractivity contribution in [3.05, 3.63) is 64.3 Å². The molecule has 5 nitrogen and oxygen atoms in total. The Hall–Kier alpha value is -2.21. The molecule has 1 aromatic heterocycles. The minimum Gasteiger partial charge on any atom is -0.508 e. The number of carbonyl (C=O) groups is 1. The maximum absolute atomic E-state index is 12.7. The molecule has 3 aromatic rings. The zero-order chi connectivity index (χ0) is 18.3. The van der Waals surface area contributed by atoms with E-state index >= 15 is 0 Å². The first-order valence-corrected chi connectivity index (χ1v) is 9.05. The van der Waals surface area contributed by atoms with Gasteiger partial charge < -0.3 is 20.7 Å². The second kappa shape index (κ2) is 7.80. The SMILES string of the molecule is Cl.NCCC(=O)N1CCc2c([nH]c3c(Cl)cccc23)C1c1cccc(O)c1. The van der Waals surface area contributed by atoms with Crippen molar-refractivity contribution in [2.24, 2.45) is 5.73 Å². The predicted octanol–water partition coefficient (Wildman–Crippen LogP) is 3.77. The van der Waals surface area contributed by atoms with Crippen LogP contribution in [-0.2, 0) is 11.2 Å². The summed E-state index contributed by atoms with van der Waals surface area (Å²) in [6.07, 6.45) is 1.05. The van der Waals surface area contributed by atoms with Crippen LogP contribution in [0, 0.1) is 0 Å². The summed E-state index contributed by atoms with van der Waals surface area (Å²) in [7, 11) is 0. The minimum atomic E-state index is -0.298. The van der Waals surface area contributed by atoms with Gasteiger partial charge in [0.15, 0.2) is 0 Å². The molecule has 4 rings (SSSR count). The Kier molecular flexibility index (Phi) is 5.65. The molecule has 1 unspecified atom stereocenters. The Morgan fingerprint density at radius 3 is 2.81 bits per heavy atom. The van der Waals surface area contributed by atoms with Crippen molar-refractivity contribution in [1.29, 1.82) is 0 Å². The molecule has 2 aromatic carbocycles. The van der Waals surface area contributed by atoms with Gasteiger partial charge in [0.25, 0.3) is 0 Å². The van der Waals surface area contributed by atoms with Crippen LogP contribution in [0.5, 0.6) is 5.75 Å². The van der Waals surface area contributed by atoms with E-state index in [0.29, 0.717) is 24.5 Å². The molecule has 0 spiro atoms. The predicted molar refractivity (Wildman–Crippen MR) is 110 cm³/mol. The number of para-hydroxylation sites is 1. The van der Waals surface area contributed by atoms with Crippen LogP contribution in [0.25, 0.3) is 10.9 Å². The first-order valence-electron chi connectivity index (χ1n) is 8.67. The zero-order valence-corrected chi connectivity index (χ0v) is 16.2. The van der Waals surface area contributed by atoms with E-state index < -0.39 is 0 Å². The number of amides is 1. The van der Waals surface area contributed by atoms with E-state index in [1.54, 1.807) is 18.2 Å². The molecule has 142 valence electrons. The van der Waals surface area contributed by atoms with Gasteiger partial charge in [-0.3, -0.25) is 4.79 Å². The second-order valence-electron chi connectivity index (χ2n) is 6.55. The normalized spacial score (nSPS) is 16.1. The van der Waals surface area contributed by atoms with Crippen molar-refractivity contribution in [3.63, 3.8) is 0 Å². The fraction of sp³-hybridized carbons (Fsp3) is 0.250. The van der Waals surface area contributed by atoms with E-state index in [1.165, 1.54) is 5.56 Å². The van der Waals surface area contributed by atoms with Crippen LogP contribution in [-0.4, -0.2) is 34.0 Å². The largest absolute Gasteiger partial charge is 0.508 e. The molecule has 2 heterocycles. The van der Waals surface area contributed by atoms with Gasteiger partial charge in [0.1, 0.15) is 5.75 Å². The number of rotatable bonds is 3. The zero-order valence-electron chi connectivity index (χ0n) is 14.6. The first kappa shape index (κ1) is 19.5. The Bertz CT molecular complexity index is 987. The van der Waals surface area contributed by atoms with Crippen molar-refractivity contribution in [2.45, 2.75) is 18.9 Å². The average Bonchev–Trinajstić information content (AvgIpc) is 3.01. The summed E-state index contributed by atoms with van der Waals surface area (Å²) in [5, 5.41) is 11.7. The third-order valence-electron chi connectivity index (χ3n) is 4.98. The molecule has 0 fully saturated rings. The molecule has 0 radical (unpaired) electrons. The summed E-state index contributed by atoms with van der Waals surface area (Å²) in [6.45, 7) is 0.916. The van der Waals surface area contributed by atoms with Gasteiger partial charge in [0, 0.05) is 30.6 Å². The smallest absolute Gasteiger partial charge is 0.224 e. The first-order chi connectivity index (χ1) is 12.6. The summed E-state index contributed by atoms with van der Waals surface area (Å²) in [5.74, 6) is 0.186. The lowest BCUT2D eigenvalue weighted by Gasteiger charge is -2.36. The number of hydrogen-bond acceptors (Lipinski definition) is 3. The molecule has 0 aliphatic carbocycles. The molecular weight excluding hydrogens is 385 g/mol. The Morgan fingerprint density at radius 1 is 1.30 bits per heavy atom. The maximum atomic E-state index is 12.7. The Labute approximate surface area is 168 Å². The molecule has 0 saturated carbocycles. The number of aromatic hydroxyl groups is 1. The maximum Gasteiger partial charge on any atom is 0.224 e. The number of phenolic OH excluding ortho intramolecular Hbond substituents is 1. The highest BCUT2D eigenvalue weighted by atomic mass is 35.5. The van der Waals surface area contributed by atoms with Gasteiger partial charge in [-0.25, -0.2) is 0 Å². The number of fused-ring (bicyclic) bond motifs is 3. The van der Waals surface area contributed by atoms with Crippen LogP contribution in [0.3, 0.4) is 0 Å². The number of H-pyrrole nitrogens is 1. The Morgan fingerprint density at radius 2 is 2.07 bits per heavy atom. The molecule has 1 aliphatic rings. The van der Waals surface area contributed by atoms with Crippen molar-refractivity contribution < 1.29 is 9.90 Å². The highest BCUT2D eigenvalue weighted by Gasteiger charge is 2.34. The number of aromatic amines is 1. The van der Waals surface area contributed by atoms with Gasteiger partial charge in [-0.05, 0) is 35.7 Å². The molecular formula is C20H21Cl2N3O2. The lowest BCUT2D eigenvalue weighted by molar-refractivity contribution is -0.133. The highest BCUT2D eigenvalue weighted by molar-refractivity contribution is 6.35. The fourth-order valence-corrected chi connectivity index (χ4v) is 4.08. The number of nitrogens with one attached hydrogen (secondary N) is 1. The number of benzene rings is 2. The molecule has 1 amide bonds. The van der Waals surface area contributed by atoms with Gasteiger partial charge in [0.2, 0.25) is 5.91 Å². The van der Waals surface area contributed by atoms with Gasteiger partial charge in [-0.15, -0.1) is 12.4 Å². The van der Waals surface area contributed by atoms with Crippen molar-refractivity contribution in [1.82, 2.24) is 9.88 Å². The van der Waals surface area contributed by atoms with E-state index in [1.807, 2.05) is 29.2 Å². The highest BCUT2D eigenvalue weighted by Crippen LogP contribution is 2.40. The molecule has 1 atom stereocenters. The standard InChI is InChI=1S/C20H20ClN3O2.ClH/c21-16-6-2-5-14-15-8-10-24(17(26)7-9-22)20(19(15)23-18(14)16)12-3-1-4-13(25)11-12;/h1-6,11,20,23,25H,7-10,22H2;1H. The monoisotopic (exact) mass is 405 g/mol. The van der Waals surface area contributed by atoms with E-state index in [0.717, 1.165) is 28.6 Å². The Balaban J connectivity index is 0.00000210. The minimum absolute atomic E-state index is 0. The van der Waals surface area contributed by atoms with Crippen LogP contribution < -0.4 is 5.73 Å². The average molecular weight is 406 g/mol. The number of aromatic nitrogens is 1. The molecule has 0 saturated heterocycles. The molecule has 1 aliphatic heterocycles. The van der Waals surface area contributed by atoms with Crippen LogP contribution in [0.2, 0.25) is 5.02 Å². The number of nitrogens with two attached hydrogens (primary N) is 1. The van der Waals surface area contributed by atoms with Crippen LogP contribution in [0.4, 0.5) is 0 Å². The number of hydrogen-bond donors (Lipinski definition) is 3. The van der Waals surface area contributed by atoms with Gasteiger partial charge in [0.05, 0.1) is 16.6 Å². The van der Waals surface area contributed by atoms with Crippen LogP contribution >= 0.6 is 24.0 Å². The molecule has 27 heavy (non-hydrogen) atoms. The third-order valence-corrected chi connectivity index (χ3v) is 5.29.